The lowest BCUT2D eigenvalue weighted by Crippen LogP contribution is -2.24. The summed E-state index contributed by atoms with van der Waals surface area (Å²) in [6, 6.07) is 10.3. The van der Waals surface area contributed by atoms with Crippen molar-refractivity contribution in [1.29, 1.82) is 0 Å². The second kappa shape index (κ2) is 7.40. The van der Waals surface area contributed by atoms with E-state index >= 15 is 0 Å². The Morgan fingerprint density at radius 2 is 2.13 bits per heavy atom. The fourth-order valence-electron chi connectivity index (χ4n) is 3.15. The van der Waals surface area contributed by atoms with Crippen molar-refractivity contribution in [3.8, 4) is 11.6 Å². The van der Waals surface area contributed by atoms with Gasteiger partial charge in [0.25, 0.3) is 0 Å². The molecule has 1 saturated carbocycles. The Balaban J connectivity index is 1.27. The van der Waals surface area contributed by atoms with Gasteiger partial charge in [-0.15, -0.1) is 0 Å². The normalized spacial score (nSPS) is 14.4. The summed E-state index contributed by atoms with van der Waals surface area (Å²) in [6.07, 6.45) is 4.36. The van der Waals surface area contributed by atoms with E-state index in [2.05, 4.69) is 27.4 Å². The van der Waals surface area contributed by atoms with E-state index in [1.165, 1.54) is 11.1 Å². The molecule has 1 fully saturated rings. The van der Waals surface area contributed by atoms with Crippen molar-refractivity contribution < 1.29 is 24.0 Å². The van der Waals surface area contributed by atoms with Crippen molar-refractivity contribution >= 4 is 22.8 Å². The predicted molar refractivity (Wildman–Crippen MR) is 109 cm³/mol. The number of hydrogen-bond donors (Lipinski definition) is 2. The van der Waals surface area contributed by atoms with Crippen LogP contribution in [0, 0.1) is 0 Å². The minimum atomic E-state index is -0.684. The van der Waals surface area contributed by atoms with E-state index in [-0.39, 0.29) is 12.0 Å². The van der Waals surface area contributed by atoms with E-state index in [1.54, 1.807) is 42.6 Å². The number of aliphatic hydroxyl groups is 1. The summed E-state index contributed by atoms with van der Waals surface area (Å²) in [5.41, 5.74) is 1.16. The molecule has 0 atom stereocenters. The summed E-state index contributed by atoms with van der Waals surface area (Å²) in [7, 11) is 0. The Bertz CT molecular complexity index is 1260. The van der Waals surface area contributed by atoms with Crippen LogP contribution in [0.1, 0.15) is 31.2 Å². The first-order valence-electron chi connectivity index (χ1n) is 9.70. The number of benzene rings is 1. The number of carbonyl (C=O) groups is 1. The van der Waals surface area contributed by atoms with Gasteiger partial charge in [0.05, 0.1) is 17.8 Å². The third kappa shape index (κ3) is 3.92. The van der Waals surface area contributed by atoms with E-state index in [0.717, 1.165) is 24.0 Å². The number of hydrogen-bond acceptors (Lipinski definition) is 8. The molecule has 31 heavy (non-hydrogen) atoms. The van der Waals surface area contributed by atoms with Crippen LogP contribution < -0.4 is 14.9 Å². The molecule has 0 spiro atoms. The highest BCUT2D eigenvalue weighted by Gasteiger charge is 2.43. The molecule has 0 radical (unpaired) electrons. The van der Waals surface area contributed by atoms with Gasteiger partial charge in [-0.05, 0) is 37.1 Å². The zero-order valence-corrected chi connectivity index (χ0v) is 16.6. The molecule has 0 bridgehead atoms. The maximum atomic E-state index is 12.3. The van der Waals surface area contributed by atoms with Crippen LogP contribution in [0.25, 0.3) is 10.9 Å². The van der Waals surface area contributed by atoms with Crippen molar-refractivity contribution in [2.75, 3.05) is 5.32 Å². The number of aliphatic hydroxyl groups excluding tert-OH is 1. The van der Waals surface area contributed by atoms with Crippen LogP contribution in [0.4, 0.5) is 10.6 Å². The summed E-state index contributed by atoms with van der Waals surface area (Å²) in [6.45, 7) is 1.89. The first-order valence-corrected chi connectivity index (χ1v) is 9.70. The fraction of sp³-hybridized carbons (Fsp3) is 0.238. The van der Waals surface area contributed by atoms with Gasteiger partial charge in [0.2, 0.25) is 5.88 Å². The molecule has 1 amide bonds. The molecule has 0 unspecified atom stereocenters. The fourth-order valence-corrected chi connectivity index (χ4v) is 3.15. The van der Waals surface area contributed by atoms with Crippen molar-refractivity contribution in [1.82, 2.24) is 19.9 Å². The molecule has 1 aromatic carbocycles. The second-order valence-corrected chi connectivity index (χ2v) is 7.61. The Labute approximate surface area is 176 Å². The monoisotopic (exact) mass is 421 g/mol. The number of rotatable bonds is 6. The number of ether oxygens (including phenoxy) is 1. The van der Waals surface area contributed by atoms with Gasteiger partial charge in [-0.1, -0.05) is 12.1 Å². The van der Waals surface area contributed by atoms with Crippen molar-refractivity contribution in [3.05, 3.63) is 60.4 Å². The van der Waals surface area contributed by atoms with Crippen molar-refractivity contribution in [2.45, 2.75) is 31.8 Å². The summed E-state index contributed by atoms with van der Waals surface area (Å²) < 4.78 is 12.4. The van der Waals surface area contributed by atoms with E-state index in [4.69, 9.17) is 14.1 Å². The van der Waals surface area contributed by atoms with Gasteiger partial charge in [-0.25, -0.2) is 14.8 Å². The summed E-state index contributed by atoms with van der Waals surface area (Å²) >= 11 is 0. The lowest BCUT2D eigenvalue weighted by atomic mass is 10.1. The Morgan fingerprint density at radius 1 is 1.26 bits per heavy atom. The van der Waals surface area contributed by atoms with Crippen LogP contribution in [0.2, 0.25) is 0 Å². The molecule has 10 nitrogen and oxygen atoms in total. The Morgan fingerprint density at radius 3 is 2.94 bits per heavy atom. The summed E-state index contributed by atoms with van der Waals surface area (Å²) in [4.78, 5) is 25.6. The molecule has 10 heteroatoms. The number of fused-ring (bicyclic) bond motifs is 1. The molecule has 3 heterocycles. The quantitative estimate of drug-likeness (QED) is 0.485. The molecular weight excluding hydrogens is 402 g/mol. The number of amides is 1. The average Bonchev–Trinajstić information content (AvgIpc) is 3.16. The molecule has 4 aromatic rings. The second-order valence-electron chi connectivity index (χ2n) is 7.61. The third-order valence-corrected chi connectivity index (χ3v) is 5.23. The van der Waals surface area contributed by atoms with Crippen LogP contribution in [0.3, 0.4) is 0 Å². The van der Waals surface area contributed by atoms with E-state index in [9.17, 15) is 9.90 Å². The number of carbonyl (C=O) groups excluding carboxylic acids is 1. The highest BCUT2D eigenvalue weighted by Crippen LogP contribution is 2.48. The molecule has 158 valence electrons. The lowest BCUT2D eigenvalue weighted by Gasteiger charge is -2.08. The molecule has 5 rings (SSSR count). The van der Waals surface area contributed by atoms with Crippen LogP contribution >= 0.6 is 0 Å². The zero-order chi connectivity index (χ0) is 21.4. The van der Waals surface area contributed by atoms with Crippen molar-refractivity contribution in [2.24, 2.45) is 0 Å². The standard InChI is InChI=1S/C21H19N5O5/c1-21(5-6-21)17-10-18(25-30-17)24-20(28)31-26-7-4-13-8-15(2-3-16(13)26)29-19-9-14(11-27)22-12-23-19/h2-4,7-10,12,27H,5-6,11H2,1H3,(H,24,25,28). The zero-order valence-electron chi connectivity index (χ0n) is 16.6. The number of aromatic nitrogens is 4. The van der Waals surface area contributed by atoms with Crippen molar-refractivity contribution in [3.63, 3.8) is 0 Å². The summed E-state index contributed by atoms with van der Waals surface area (Å²) in [5.74, 6) is 1.94. The molecular formula is C21H19N5O5. The molecule has 2 N–H and O–H groups in total. The number of anilines is 1. The van der Waals surface area contributed by atoms with Crippen LogP contribution in [0.5, 0.6) is 11.6 Å². The smallest absolute Gasteiger partial charge is 0.437 e. The first kappa shape index (κ1) is 19.1. The van der Waals surface area contributed by atoms with Crippen LogP contribution in [-0.4, -0.2) is 31.1 Å². The lowest BCUT2D eigenvalue weighted by molar-refractivity contribution is 0.153. The molecule has 0 saturated heterocycles. The van der Waals surface area contributed by atoms with Crippen LogP contribution in [-0.2, 0) is 12.0 Å². The Hall–Kier alpha value is -3.92. The topological polar surface area (TPSA) is 125 Å². The van der Waals surface area contributed by atoms with E-state index in [0.29, 0.717) is 28.7 Å². The number of nitrogens with zero attached hydrogens (tertiary/aromatic N) is 4. The highest BCUT2D eigenvalue weighted by molar-refractivity contribution is 5.86. The van der Waals surface area contributed by atoms with Gasteiger partial charge >= 0.3 is 6.09 Å². The summed E-state index contributed by atoms with van der Waals surface area (Å²) in [5, 5.41) is 16.4. The van der Waals surface area contributed by atoms with Crippen LogP contribution in [0.15, 0.2) is 53.4 Å². The van der Waals surface area contributed by atoms with Gasteiger partial charge in [0.1, 0.15) is 17.8 Å². The maximum Gasteiger partial charge on any atom is 0.437 e. The molecule has 0 aliphatic heterocycles. The van der Waals surface area contributed by atoms with E-state index in [1.807, 2.05) is 0 Å². The molecule has 1 aliphatic carbocycles. The average molecular weight is 421 g/mol. The van der Waals surface area contributed by atoms with Gasteiger partial charge in [0.15, 0.2) is 5.82 Å². The highest BCUT2D eigenvalue weighted by atomic mass is 16.7. The van der Waals surface area contributed by atoms with E-state index < -0.39 is 6.09 Å². The number of nitrogens with one attached hydrogen (secondary N) is 1. The third-order valence-electron chi connectivity index (χ3n) is 5.23. The maximum absolute atomic E-state index is 12.3. The largest absolute Gasteiger partial charge is 0.439 e. The van der Waals surface area contributed by atoms with Gasteiger partial charge in [-0.3, -0.25) is 5.32 Å². The SMILES string of the molecule is CC1(c2cc(NC(=O)On3ccc4cc(Oc5cc(CO)ncn5)ccc43)no2)CC1. The predicted octanol–water partition coefficient (Wildman–Crippen LogP) is 3.42. The van der Waals surface area contributed by atoms with Gasteiger partial charge in [-0.2, -0.15) is 4.73 Å². The minimum Gasteiger partial charge on any atom is -0.439 e. The Kier molecular flexibility index (Phi) is 4.55. The first-order chi connectivity index (χ1) is 15.0. The van der Waals surface area contributed by atoms with Gasteiger partial charge < -0.3 is 19.2 Å². The van der Waals surface area contributed by atoms with Gasteiger partial charge in [0, 0.05) is 29.1 Å². The molecule has 3 aromatic heterocycles. The molecule has 1 aliphatic rings. The minimum absolute atomic E-state index is 0.0265.